The third-order valence-electron chi connectivity index (χ3n) is 3.48. The molecule has 0 aliphatic heterocycles. The van der Waals surface area contributed by atoms with Gasteiger partial charge < -0.3 is 9.84 Å². The van der Waals surface area contributed by atoms with Crippen LogP contribution in [-0.2, 0) is 6.42 Å². The molecule has 0 saturated carbocycles. The van der Waals surface area contributed by atoms with Gasteiger partial charge in [-0.15, -0.1) is 0 Å². The molecule has 0 fully saturated rings. The molecule has 1 N–H and O–H groups in total. The Hall–Kier alpha value is -1.87. The van der Waals surface area contributed by atoms with E-state index in [-0.39, 0.29) is 5.75 Å². The molecule has 2 rings (SSSR count). The lowest BCUT2D eigenvalue weighted by Crippen LogP contribution is -2.04. The lowest BCUT2D eigenvalue weighted by atomic mass is 9.96. The van der Waals surface area contributed by atoms with Crippen molar-refractivity contribution < 1.29 is 14.2 Å². The lowest BCUT2D eigenvalue weighted by Gasteiger charge is -2.14. The number of halogens is 1. The molecule has 0 spiro atoms. The van der Waals surface area contributed by atoms with Gasteiger partial charge >= 0.3 is 0 Å². The molecule has 0 aromatic heterocycles. The minimum Gasteiger partial charge on any atom is -0.494 e. The van der Waals surface area contributed by atoms with Crippen molar-refractivity contribution in [3.8, 4) is 5.75 Å². The van der Waals surface area contributed by atoms with Gasteiger partial charge in [0.2, 0.25) is 0 Å². The summed E-state index contributed by atoms with van der Waals surface area (Å²) >= 11 is 0. The second-order valence-corrected chi connectivity index (χ2v) is 5.04. The van der Waals surface area contributed by atoms with Gasteiger partial charge in [0.15, 0.2) is 11.6 Å². The van der Waals surface area contributed by atoms with Gasteiger partial charge in [-0.3, -0.25) is 0 Å². The Balaban J connectivity index is 2.21. The molecule has 0 saturated heterocycles. The lowest BCUT2D eigenvalue weighted by molar-refractivity contribution is 0.177. The molecule has 1 atom stereocenters. The number of rotatable bonds is 4. The maximum absolute atomic E-state index is 13.7. The number of aryl methyl sites for hydroxylation is 2. The molecule has 0 amide bonds. The zero-order chi connectivity index (χ0) is 14.7. The Morgan fingerprint density at radius 3 is 2.55 bits per heavy atom. The Morgan fingerprint density at radius 2 is 1.90 bits per heavy atom. The molecular weight excluding hydrogens is 255 g/mol. The molecule has 0 aliphatic carbocycles. The second-order valence-electron chi connectivity index (χ2n) is 5.04. The van der Waals surface area contributed by atoms with Crippen LogP contribution in [0.1, 0.15) is 28.4 Å². The van der Waals surface area contributed by atoms with Gasteiger partial charge in [-0.05, 0) is 42.7 Å². The van der Waals surface area contributed by atoms with E-state index in [0.29, 0.717) is 12.0 Å². The summed E-state index contributed by atoms with van der Waals surface area (Å²) < 4.78 is 18.5. The number of methoxy groups -OCH3 is 1. The van der Waals surface area contributed by atoms with Crippen LogP contribution in [0.15, 0.2) is 36.4 Å². The van der Waals surface area contributed by atoms with E-state index in [1.165, 1.54) is 19.2 Å². The number of aliphatic hydroxyl groups is 1. The first kappa shape index (κ1) is 14.5. The minimum atomic E-state index is -0.726. The summed E-state index contributed by atoms with van der Waals surface area (Å²) in [6.07, 6.45) is -0.255. The molecule has 0 heterocycles. The zero-order valence-corrected chi connectivity index (χ0v) is 12.0. The van der Waals surface area contributed by atoms with Crippen LogP contribution in [0.5, 0.6) is 5.75 Å². The summed E-state index contributed by atoms with van der Waals surface area (Å²) in [6.45, 7) is 4.03. The van der Waals surface area contributed by atoms with Crippen molar-refractivity contribution in [1.29, 1.82) is 0 Å². The van der Waals surface area contributed by atoms with E-state index in [0.717, 1.165) is 16.7 Å². The normalized spacial score (nSPS) is 12.2. The van der Waals surface area contributed by atoms with Crippen LogP contribution in [0, 0.1) is 19.7 Å². The van der Waals surface area contributed by atoms with Crippen LogP contribution in [0.3, 0.4) is 0 Å². The van der Waals surface area contributed by atoms with Crippen LogP contribution in [0.25, 0.3) is 0 Å². The Bertz CT molecular complexity index is 608. The largest absolute Gasteiger partial charge is 0.494 e. The highest BCUT2D eigenvalue weighted by molar-refractivity contribution is 5.34. The van der Waals surface area contributed by atoms with Crippen LogP contribution in [0.4, 0.5) is 4.39 Å². The Kier molecular flexibility index (Phi) is 4.40. The van der Waals surface area contributed by atoms with Gasteiger partial charge in [-0.25, -0.2) is 4.39 Å². The smallest absolute Gasteiger partial charge is 0.165 e. The highest BCUT2D eigenvalue weighted by Gasteiger charge is 2.13. The molecular formula is C17H19FO2. The first-order chi connectivity index (χ1) is 9.51. The minimum absolute atomic E-state index is 0.188. The number of hydrogen-bond donors (Lipinski definition) is 1. The second kappa shape index (κ2) is 6.06. The number of benzene rings is 2. The van der Waals surface area contributed by atoms with Crippen LogP contribution >= 0.6 is 0 Å². The predicted octanol–water partition coefficient (Wildman–Crippen LogP) is 3.73. The number of ether oxygens (including phenoxy) is 1. The fourth-order valence-corrected chi connectivity index (χ4v) is 2.24. The van der Waals surface area contributed by atoms with E-state index in [4.69, 9.17) is 4.74 Å². The van der Waals surface area contributed by atoms with E-state index in [2.05, 4.69) is 6.07 Å². The molecule has 1 unspecified atom stereocenters. The summed E-state index contributed by atoms with van der Waals surface area (Å²) in [5.41, 5.74) is 3.92. The standard InChI is InChI=1S/C17H19FO2/c1-11-4-5-12(2)14(8-11)10-16(19)13-6-7-17(20-3)15(18)9-13/h4-9,16,19H,10H2,1-3H3. The summed E-state index contributed by atoms with van der Waals surface area (Å²) in [6, 6.07) is 10.7. The van der Waals surface area contributed by atoms with E-state index in [1.54, 1.807) is 6.07 Å². The van der Waals surface area contributed by atoms with E-state index >= 15 is 0 Å². The first-order valence-electron chi connectivity index (χ1n) is 6.59. The molecule has 2 aromatic carbocycles. The van der Waals surface area contributed by atoms with Crippen LogP contribution in [-0.4, -0.2) is 12.2 Å². The van der Waals surface area contributed by atoms with Crippen LogP contribution < -0.4 is 4.74 Å². The van der Waals surface area contributed by atoms with Crippen molar-refractivity contribution in [2.24, 2.45) is 0 Å². The van der Waals surface area contributed by atoms with Gasteiger partial charge in [0.1, 0.15) is 0 Å². The van der Waals surface area contributed by atoms with Gasteiger partial charge in [-0.2, -0.15) is 0 Å². The fraction of sp³-hybridized carbons (Fsp3) is 0.294. The van der Waals surface area contributed by atoms with Gasteiger partial charge in [-0.1, -0.05) is 29.8 Å². The summed E-state index contributed by atoms with van der Waals surface area (Å²) in [5.74, 6) is -0.266. The van der Waals surface area contributed by atoms with E-state index in [9.17, 15) is 9.50 Å². The van der Waals surface area contributed by atoms with Crippen molar-refractivity contribution in [2.45, 2.75) is 26.4 Å². The molecule has 0 aliphatic rings. The third-order valence-corrected chi connectivity index (χ3v) is 3.48. The Morgan fingerprint density at radius 1 is 1.15 bits per heavy atom. The van der Waals surface area contributed by atoms with Crippen molar-refractivity contribution in [2.75, 3.05) is 7.11 Å². The van der Waals surface area contributed by atoms with Crippen molar-refractivity contribution in [3.05, 3.63) is 64.5 Å². The Labute approximate surface area is 118 Å². The monoisotopic (exact) mass is 274 g/mol. The molecule has 3 heteroatoms. The molecule has 2 nitrogen and oxygen atoms in total. The zero-order valence-electron chi connectivity index (χ0n) is 12.0. The maximum atomic E-state index is 13.7. The third kappa shape index (κ3) is 3.17. The van der Waals surface area contributed by atoms with Crippen LogP contribution in [0.2, 0.25) is 0 Å². The summed E-state index contributed by atoms with van der Waals surface area (Å²) in [4.78, 5) is 0. The van der Waals surface area contributed by atoms with Gasteiger partial charge in [0.25, 0.3) is 0 Å². The quantitative estimate of drug-likeness (QED) is 0.920. The SMILES string of the molecule is COc1ccc(C(O)Cc2cc(C)ccc2C)cc1F. The topological polar surface area (TPSA) is 29.5 Å². The van der Waals surface area contributed by atoms with Crippen molar-refractivity contribution in [1.82, 2.24) is 0 Å². The molecule has 2 aromatic rings. The highest BCUT2D eigenvalue weighted by atomic mass is 19.1. The molecule has 20 heavy (non-hydrogen) atoms. The first-order valence-corrected chi connectivity index (χ1v) is 6.59. The highest BCUT2D eigenvalue weighted by Crippen LogP contribution is 2.25. The van der Waals surface area contributed by atoms with Crippen molar-refractivity contribution >= 4 is 0 Å². The fourth-order valence-electron chi connectivity index (χ4n) is 2.24. The van der Waals surface area contributed by atoms with E-state index in [1.807, 2.05) is 26.0 Å². The average molecular weight is 274 g/mol. The molecule has 0 radical (unpaired) electrons. The molecule has 0 bridgehead atoms. The predicted molar refractivity (Wildman–Crippen MR) is 77.5 cm³/mol. The summed E-state index contributed by atoms with van der Waals surface area (Å²) in [7, 11) is 1.42. The van der Waals surface area contributed by atoms with Gasteiger partial charge in [0, 0.05) is 6.42 Å². The maximum Gasteiger partial charge on any atom is 0.165 e. The van der Waals surface area contributed by atoms with Crippen molar-refractivity contribution in [3.63, 3.8) is 0 Å². The summed E-state index contributed by atoms with van der Waals surface area (Å²) in [5, 5.41) is 10.3. The van der Waals surface area contributed by atoms with E-state index < -0.39 is 11.9 Å². The average Bonchev–Trinajstić information content (AvgIpc) is 2.42. The van der Waals surface area contributed by atoms with Gasteiger partial charge in [0.05, 0.1) is 13.2 Å². The molecule has 106 valence electrons. The number of aliphatic hydroxyl groups excluding tert-OH is 1. The number of hydrogen-bond acceptors (Lipinski definition) is 2.